The van der Waals surface area contributed by atoms with Crippen LogP contribution in [0.3, 0.4) is 0 Å². The topological polar surface area (TPSA) is 95.6 Å². The number of nitrogens with one attached hydrogen (secondary N) is 2. The third kappa shape index (κ3) is 3.80. The molecule has 3 rings (SSSR count). The second-order valence-corrected chi connectivity index (χ2v) is 8.43. The van der Waals surface area contributed by atoms with Crippen LogP contribution in [-0.2, 0) is 16.4 Å². The number of sulfonamides is 1. The van der Waals surface area contributed by atoms with E-state index in [1.165, 1.54) is 10.6 Å². The van der Waals surface area contributed by atoms with Crippen LogP contribution >= 0.6 is 0 Å². The van der Waals surface area contributed by atoms with Gasteiger partial charge in [0.1, 0.15) is 0 Å². The molecule has 0 aromatic heterocycles. The molecule has 2 N–H and O–H groups in total. The molecular weight excluding hydrogens is 366 g/mol. The molecule has 0 fully saturated rings. The van der Waals surface area contributed by atoms with Crippen molar-refractivity contribution >= 4 is 33.2 Å². The minimum Gasteiger partial charge on any atom is -0.355 e. The Balaban J connectivity index is 1.84. The van der Waals surface area contributed by atoms with Gasteiger partial charge in [-0.15, -0.1) is 0 Å². The molecule has 27 heavy (non-hydrogen) atoms. The highest BCUT2D eigenvalue weighted by molar-refractivity contribution is 7.92. The number of anilines is 2. The number of carbonyl (C=O) groups excluding carboxylic acids is 2. The van der Waals surface area contributed by atoms with E-state index in [4.69, 9.17) is 0 Å². The van der Waals surface area contributed by atoms with Gasteiger partial charge in [-0.25, -0.2) is 8.42 Å². The Kier molecular flexibility index (Phi) is 4.93. The minimum atomic E-state index is -3.37. The van der Waals surface area contributed by atoms with Gasteiger partial charge < -0.3 is 10.6 Å². The Labute approximate surface area is 158 Å². The van der Waals surface area contributed by atoms with Crippen molar-refractivity contribution in [2.24, 2.45) is 0 Å². The van der Waals surface area contributed by atoms with E-state index >= 15 is 0 Å². The lowest BCUT2D eigenvalue weighted by atomic mass is 10.1. The molecule has 8 heteroatoms. The maximum absolute atomic E-state index is 12.6. The normalized spacial score (nSPS) is 16.0. The van der Waals surface area contributed by atoms with Crippen molar-refractivity contribution in [3.05, 3.63) is 59.2 Å². The summed E-state index contributed by atoms with van der Waals surface area (Å²) in [5.74, 6) is -0.559. The summed E-state index contributed by atoms with van der Waals surface area (Å²) in [6.45, 7) is 1.84. The van der Waals surface area contributed by atoms with Crippen molar-refractivity contribution in [2.75, 3.05) is 22.9 Å². The van der Waals surface area contributed by atoms with Gasteiger partial charge in [0.15, 0.2) is 0 Å². The minimum absolute atomic E-state index is 0.183. The van der Waals surface area contributed by atoms with Gasteiger partial charge in [-0.05, 0) is 55.3 Å². The lowest BCUT2D eigenvalue weighted by molar-refractivity contribution is 0.0961. The highest BCUT2D eigenvalue weighted by Crippen LogP contribution is 2.34. The zero-order valence-electron chi connectivity index (χ0n) is 15.3. The Morgan fingerprint density at radius 1 is 1.07 bits per heavy atom. The first kappa shape index (κ1) is 18.9. The van der Waals surface area contributed by atoms with E-state index in [0.29, 0.717) is 28.9 Å². The molecule has 1 aliphatic heterocycles. The number of hydrogen-bond donors (Lipinski definition) is 2. The van der Waals surface area contributed by atoms with Gasteiger partial charge in [-0.3, -0.25) is 13.9 Å². The summed E-state index contributed by atoms with van der Waals surface area (Å²) < 4.78 is 25.4. The first-order chi connectivity index (χ1) is 12.7. The maximum Gasteiger partial charge on any atom is 0.255 e. The van der Waals surface area contributed by atoms with Crippen molar-refractivity contribution < 1.29 is 18.0 Å². The van der Waals surface area contributed by atoms with Gasteiger partial charge in [0.25, 0.3) is 11.8 Å². The Morgan fingerprint density at radius 2 is 1.78 bits per heavy atom. The molecule has 1 atom stereocenters. The molecule has 1 heterocycles. The highest BCUT2D eigenvalue weighted by Gasteiger charge is 2.32. The van der Waals surface area contributed by atoms with Crippen LogP contribution in [0.1, 0.15) is 33.2 Å². The van der Waals surface area contributed by atoms with Crippen molar-refractivity contribution in [2.45, 2.75) is 19.4 Å². The van der Waals surface area contributed by atoms with Crippen LogP contribution in [0.25, 0.3) is 0 Å². The first-order valence-corrected chi connectivity index (χ1v) is 10.3. The monoisotopic (exact) mass is 387 g/mol. The molecular formula is C19H21N3O4S. The maximum atomic E-state index is 12.6. The van der Waals surface area contributed by atoms with Gasteiger partial charge in [0.05, 0.1) is 11.9 Å². The Bertz CT molecular complexity index is 1020. The van der Waals surface area contributed by atoms with E-state index < -0.39 is 10.0 Å². The predicted molar refractivity (Wildman–Crippen MR) is 105 cm³/mol. The fraction of sp³-hybridized carbons (Fsp3) is 0.263. The molecule has 0 spiro atoms. The quantitative estimate of drug-likeness (QED) is 0.839. The van der Waals surface area contributed by atoms with Crippen molar-refractivity contribution in [3.63, 3.8) is 0 Å². The molecule has 0 saturated carbocycles. The fourth-order valence-electron chi connectivity index (χ4n) is 3.34. The largest absolute Gasteiger partial charge is 0.355 e. The standard InChI is InChI=1S/C19H21N3O4S/c1-12-9-15-10-14(7-8-17(15)22(12)27(3,25)26)19(24)21-16-6-4-5-13(11-16)18(23)20-2/h4-8,10-12H,9H2,1-3H3,(H,20,23)(H,21,24)/t12-/m1/s1. The fourth-order valence-corrected chi connectivity index (χ4v) is 4.60. The Morgan fingerprint density at radius 3 is 2.44 bits per heavy atom. The third-order valence-electron chi connectivity index (χ3n) is 4.46. The molecule has 1 aliphatic rings. The van der Waals surface area contributed by atoms with Gasteiger partial charge in [0.2, 0.25) is 10.0 Å². The van der Waals surface area contributed by atoms with E-state index in [9.17, 15) is 18.0 Å². The average Bonchev–Trinajstić information content (AvgIpc) is 2.96. The van der Waals surface area contributed by atoms with Crippen LogP contribution in [0.15, 0.2) is 42.5 Å². The summed E-state index contributed by atoms with van der Waals surface area (Å²) >= 11 is 0. The van der Waals surface area contributed by atoms with Gasteiger partial charge in [-0.1, -0.05) is 6.07 Å². The van der Waals surface area contributed by atoms with Gasteiger partial charge in [0, 0.05) is 29.9 Å². The van der Waals surface area contributed by atoms with E-state index in [1.807, 2.05) is 6.92 Å². The molecule has 0 unspecified atom stereocenters. The van der Waals surface area contributed by atoms with E-state index in [0.717, 1.165) is 5.56 Å². The SMILES string of the molecule is CNC(=O)c1cccc(NC(=O)c2ccc3c(c2)C[C@@H](C)N3S(C)(=O)=O)c1. The van der Waals surface area contributed by atoms with Crippen molar-refractivity contribution in [3.8, 4) is 0 Å². The third-order valence-corrected chi connectivity index (χ3v) is 5.73. The zero-order chi connectivity index (χ0) is 19.8. The van der Waals surface area contributed by atoms with E-state index in [2.05, 4.69) is 10.6 Å². The molecule has 0 aliphatic carbocycles. The second-order valence-electron chi connectivity index (χ2n) is 6.57. The van der Waals surface area contributed by atoms with E-state index in [-0.39, 0.29) is 17.9 Å². The summed E-state index contributed by atoms with van der Waals surface area (Å²) in [6.07, 6.45) is 1.73. The zero-order valence-corrected chi connectivity index (χ0v) is 16.1. The first-order valence-electron chi connectivity index (χ1n) is 8.46. The van der Waals surface area contributed by atoms with E-state index in [1.54, 1.807) is 49.5 Å². The number of benzene rings is 2. The average molecular weight is 387 g/mol. The number of amides is 2. The summed E-state index contributed by atoms with van der Waals surface area (Å²) in [4.78, 5) is 24.3. The van der Waals surface area contributed by atoms with Crippen LogP contribution in [0.4, 0.5) is 11.4 Å². The lowest BCUT2D eigenvalue weighted by Crippen LogP contribution is -2.34. The van der Waals surface area contributed by atoms with Crippen molar-refractivity contribution in [1.82, 2.24) is 5.32 Å². The predicted octanol–water partition coefficient (Wildman–Crippen LogP) is 2.01. The molecule has 2 aromatic rings. The molecule has 0 bridgehead atoms. The van der Waals surface area contributed by atoms with Gasteiger partial charge in [-0.2, -0.15) is 0 Å². The van der Waals surface area contributed by atoms with Crippen LogP contribution in [0.2, 0.25) is 0 Å². The molecule has 0 radical (unpaired) electrons. The summed E-state index contributed by atoms with van der Waals surface area (Å²) in [6, 6.07) is 11.4. The second kappa shape index (κ2) is 7.03. The molecule has 7 nitrogen and oxygen atoms in total. The van der Waals surface area contributed by atoms with Gasteiger partial charge >= 0.3 is 0 Å². The van der Waals surface area contributed by atoms with Crippen LogP contribution < -0.4 is 14.9 Å². The van der Waals surface area contributed by atoms with Crippen LogP contribution in [0.5, 0.6) is 0 Å². The number of hydrogen-bond acceptors (Lipinski definition) is 4. The summed E-state index contributed by atoms with van der Waals surface area (Å²) in [5, 5.41) is 5.31. The highest BCUT2D eigenvalue weighted by atomic mass is 32.2. The molecule has 2 aromatic carbocycles. The molecule has 142 valence electrons. The summed E-state index contributed by atoms with van der Waals surface area (Å²) in [7, 11) is -1.83. The molecule has 2 amide bonds. The Hall–Kier alpha value is -2.87. The number of nitrogens with zero attached hydrogens (tertiary/aromatic N) is 1. The molecule has 0 saturated heterocycles. The van der Waals surface area contributed by atoms with Crippen LogP contribution in [-0.4, -0.2) is 39.6 Å². The smallest absolute Gasteiger partial charge is 0.255 e. The summed E-state index contributed by atoms with van der Waals surface area (Å²) in [5.41, 5.74) is 2.82. The van der Waals surface area contributed by atoms with Crippen molar-refractivity contribution in [1.29, 1.82) is 0 Å². The number of carbonyl (C=O) groups is 2. The number of rotatable bonds is 4. The lowest BCUT2D eigenvalue weighted by Gasteiger charge is -2.21. The van der Waals surface area contributed by atoms with Crippen LogP contribution in [0, 0.1) is 0 Å². The number of fused-ring (bicyclic) bond motifs is 1.